The van der Waals surface area contributed by atoms with Crippen LogP contribution in [-0.4, -0.2) is 57.1 Å². The highest BCUT2D eigenvalue weighted by atomic mass is 19.3. The Morgan fingerprint density at radius 2 is 1.97 bits per heavy atom. The van der Waals surface area contributed by atoms with E-state index in [9.17, 15) is 8.78 Å². The summed E-state index contributed by atoms with van der Waals surface area (Å²) in [5.74, 6) is -1.09. The van der Waals surface area contributed by atoms with Crippen molar-refractivity contribution in [3.63, 3.8) is 0 Å². The number of halogens is 2. The van der Waals surface area contributed by atoms with Crippen molar-refractivity contribution in [3.05, 3.63) is 24.5 Å². The van der Waals surface area contributed by atoms with E-state index in [-0.39, 0.29) is 18.8 Å². The number of para-hydroxylation sites is 1. The minimum absolute atomic E-state index is 0.128. The van der Waals surface area contributed by atoms with Crippen LogP contribution < -0.4 is 10.5 Å². The fourth-order valence-electron chi connectivity index (χ4n) is 4.16. The average Bonchev–Trinajstić information content (AvgIpc) is 3.19. The standard InChI is InChI=1S/C10H17F2N.C10H9N5O/c11-10(12)6-9(7-10)8-13-4-2-1-3-5-13;1-16-7-4-2-3-6-8(7)14-10(11)15-9(6)12-5-13-15/h9H,1-8H2;2-5H,1H3,(H2,11,14). The van der Waals surface area contributed by atoms with Crippen molar-refractivity contribution in [2.24, 2.45) is 5.92 Å². The van der Waals surface area contributed by atoms with Gasteiger partial charge in [0.2, 0.25) is 11.9 Å². The minimum Gasteiger partial charge on any atom is -0.494 e. The molecule has 2 aromatic heterocycles. The zero-order chi connectivity index (χ0) is 20.4. The quantitative estimate of drug-likeness (QED) is 0.721. The van der Waals surface area contributed by atoms with Crippen LogP contribution in [0, 0.1) is 5.92 Å². The number of hydrogen-bond acceptors (Lipinski definition) is 6. The third-order valence-corrected chi connectivity index (χ3v) is 5.59. The fraction of sp³-hybridized carbons (Fsp3) is 0.550. The van der Waals surface area contributed by atoms with Gasteiger partial charge < -0.3 is 15.4 Å². The highest BCUT2D eigenvalue weighted by Crippen LogP contribution is 2.42. The van der Waals surface area contributed by atoms with E-state index in [0.29, 0.717) is 22.9 Å². The number of nitrogens with zero attached hydrogens (tertiary/aromatic N) is 5. The highest BCUT2D eigenvalue weighted by molar-refractivity contribution is 5.95. The maximum absolute atomic E-state index is 12.5. The molecule has 7 nitrogen and oxygen atoms in total. The normalized spacial score (nSPS) is 19.6. The van der Waals surface area contributed by atoms with Crippen molar-refractivity contribution in [2.45, 2.75) is 38.0 Å². The van der Waals surface area contributed by atoms with Gasteiger partial charge >= 0.3 is 0 Å². The summed E-state index contributed by atoms with van der Waals surface area (Å²) in [6, 6.07) is 5.63. The molecule has 0 spiro atoms. The highest BCUT2D eigenvalue weighted by Gasteiger charge is 2.45. The molecule has 5 rings (SSSR count). The molecule has 2 aliphatic rings. The number of anilines is 1. The molecule has 0 radical (unpaired) electrons. The topological polar surface area (TPSA) is 81.6 Å². The summed E-state index contributed by atoms with van der Waals surface area (Å²) in [5, 5.41) is 4.87. The molecule has 1 aliphatic carbocycles. The van der Waals surface area contributed by atoms with Crippen LogP contribution in [0.25, 0.3) is 16.6 Å². The second-order valence-electron chi connectivity index (χ2n) is 7.81. The number of methoxy groups -OCH3 is 1. The minimum atomic E-state index is -2.33. The van der Waals surface area contributed by atoms with E-state index in [1.807, 2.05) is 18.2 Å². The molecule has 1 aliphatic heterocycles. The molecule has 0 atom stereocenters. The molecule has 1 saturated carbocycles. The number of alkyl halides is 2. The number of nitrogens with two attached hydrogens (primary N) is 1. The summed E-state index contributed by atoms with van der Waals surface area (Å²) >= 11 is 0. The predicted octanol–water partition coefficient (Wildman–Crippen LogP) is 3.39. The molecule has 2 fully saturated rings. The number of likely N-dealkylation sites (tertiary alicyclic amines) is 1. The van der Waals surface area contributed by atoms with E-state index in [1.54, 1.807) is 7.11 Å². The number of fused-ring (bicyclic) bond motifs is 3. The lowest BCUT2D eigenvalue weighted by molar-refractivity contribution is -0.117. The van der Waals surface area contributed by atoms with Gasteiger partial charge in [0.25, 0.3) is 0 Å². The van der Waals surface area contributed by atoms with Crippen molar-refractivity contribution < 1.29 is 13.5 Å². The number of aromatic nitrogens is 4. The second-order valence-corrected chi connectivity index (χ2v) is 7.81. The van der Waals surface area contributed by atoms with Gasteiger partial charge in [-0.2, -0.15) is 9.61 Å². The number of piperidine rings is 1. The van der Waals surface area contributed by atoms with Gasteiger partial charge in [0.15, 0.2) is 5.65 Å². The molecular weight excluding hydrogens is 378 g/mol. The first-order chi connectivity index (χ1) is 14.0. The number of rotatable bonds is 3. The Bertz CT molecular complexity index is 978. The molecule has 29 heavy (non-hydrogen) atoms. The zero-order valence-electron chi connectivity index (χ0n) is 16.5. The van der Waals surface area contributed by atoms with Gasteiger partial charge in [-0.25, -0.2) is 18.7 Å². The second kappa shape index (κ2) is 8.06. The first-order valence-electron chi connectivity index (χ1n) is 9.99. The Labute approximate surface area is 167 Å². The summed E-state index contributed by atoms with van der Waals surface area (Å²) in [5.41, 5.74) is 7.16. The molecule has 1 saturated heterocycles. The number of hydrogen-bond donors (Lipinski definition) is 1. The molecule has 9 heteroatoms. The predicted molar refractivity (Wildman–Crippen MR) is 107 cm³/mol. The van der Waals surface area contributed by atoms with E-state index >= 15 is 0 Å². The summed E-state index contributed by atoms with van der Waals surface area (Å²) < 4.78 is 31.8. The monoisotopic (exact) mass is 404 g/mol. The molecule has 1 aromatic carbocycles. The number of nitrogen functional groups attached to an aromatic ring is 1. The van der Waals surface area contributed by atoms with Crippen LogP contribution in [0.1, 0.15) is 32.1 Å². The van der Waals surface area contributed by atoms with Crippen molar-refractivity contribution in [1.29, 1.82) is 0 Å². The molecule has 156 valence electrons. The van der Waals surface area contributed by atoms with E-state index in [1.165, 1.54) is 30.1 Å². The molecule has 3 aromatic rings. The van der Waals surface area contributed by atoms with Crippen LogP contribution in [-0.2, 0) is 0 Å². The third-order valence-electron chi connectivity index (χ3n) is 5.59. The SMILES string of the molecule is COc1cccc2c1nc(N)n1ncnc21.FC1(F)CC(CN2CCCCC2)C1. The van der Waals surface area contributed by atoms with Crippen LogP contribution in [0.2, 0.25) is 0 Å². The van der Waals surface area contributed by atoms with Crippen LogP contribution >= 0.6 is 0 Å². The van der Waals surface area contributed by atoms with Crippen LogP contribution in [0.15, 0.2) is 24.5 Å². The molecular formula is C20H26F2N6O. The van der Waals surface area contributed by atoms with Gasteiger partial charge in [-0.3, -0.25) is 0 Å². The van der Waals surface area contributed by atoms with Crippen LogP contribution in [0.3, 0.4) is 0 Å². The van der Waals surface area contributed by atoms with E-state index in [2.05, 4.69) is 20.0 Å². The summed E-state index contributed by atoms with van der Waals surface area (Å²) in [7, 11) is 1.60. The lowest BCUT2D eigenvalue weighted by Crippen LogP contribution is -2.43. The Morgan fingerprint density at radius 1 is 1.21 bits per heavy atom. The lowest BCUT2D eigenvalue weighted by Gasteiger charge is -2.39. The average molecular weight is 404 g/mol. The van der Waals surface area contributed by atoms with Gasteiger partial charge in [0, 0.05) is 24.8 Å². The molecule has 0 bridgehead atoms. The maximum Gasteiger partial charge on any atom is 0.248 e. The Balaban J connectivity index is 0.000000145. The Kier molecular flexibility index (Phi) is 5.49. The van der Waals surface area contributed by atoms with E-state index < -0.39 is 5.92 Å². The van der Waals surface area contributed by atoms with Crippen molar-refractivity contribution in [1.82, 2.24) is 24.5 Å². The van der Waals surface area contributed by atoms with E-state index in [4.69, 9.17) is 10.5 Å². The van der Waals surface area contributed by atoms with Crippen LogP contribution in [0.5, 0.6) is 5.75 Å². The third kappa shape index (κ3) is 4.24. The largest absolute Gasteiger partial charge is 0.494 e. The number of benzene rings is 1. The molecule has 3 heterocycles. The smallest absolute Gasteiger partial charge is 0.248 e. The van der Waals surface area contributed by atoms with Crippen LogP contribution in [0.4, 0.5) is 14.7 Å². The lowest BCUT2D eigenvalue weighted by atomic mass is 9.81. The van der Waals surface area contributed by atoms with Gasteiger partial charge in [-0.1, -0.05) is 12.5 Å². The molecule has 0 unspecified atom stereocenters. The summed E-state index contributed by atoms with van der Waals surface area (Å²) in [6.45, 7) is 3.17. The van der Waals surface area contributed by atoms with Gasteiger partial charge in [-0.05, 0) is 44.0 Å². The van der Waals surface area contributed by atoms with Gasteiger partial charge in [-0.15, -0.1) is 0 Å². The summed E-state index contributed by atoms with van der Waals surface area (Å²) in [6.07, 6.45) is 5.53. The molecule has 0 amide bonds. The maximum atomic E-state index is 12.5. The van der Waals surface area contributed by atoms with Crippen molar-refractivity contribution in [2.75, 3.05) is 32.5 Å². The Morgan fingerprint density at radius 3 is 2.66 bits per heavy atom. The number of ether oxygens (including phenoxy) is 1. The molecule has 2 N–H and O–H groups in total. The van der Waals surface area contributed by atoms with Crippen molar-refractivity contribution in [3.8, 4) is 5.75 Å². The van der Waals surface area contributed by atoms with Crippen molar-refractivity contribution >= 4 is 22.5 Å². The van der Waals surface area contributed by atoms with Gasteiger partial charge in [0.05, 0.1) is 7.11 Å². The van der Waals surface area contributed by atoms with Gasteiger partial charge in [0.1, 0.15) is 17.6 Å². The first-order valence-corrected chi connectivity index (χ1v) is 9.99. The Hall–Kier alpha value is -2.55. The first kappa shape index (κ1) is 19.8. The fourth-order valence-corrected chi connectivity index (χ4v) is 4.16. The zero-order valence-corrected chi connectivity index (χ0v) is 16.5. The van der Waals surface area contributed by atoms with E-state index in [0.717, 1.165) is 25.0 Å². The summed E-state index contributed by atoms with van der Waals surface area (Å²) in [4.78, 5) is 10.8.